The number of nitrogens with zero attached hydrogens (tertiary/aromatic N) is 3. The van der Waals surface area contributed by atoms with Crippen molar-refractivity contribution in [1.82, 2.24) is 9.97 Å². The molecule has 2 rings (SSSR count). The number of rotatable bonds is 1. The van der Waals surface area contributed by atoms with Crippen molar-refractivity contribution < 1.29 is 14.3 Å². The average Bonchev–Trinajstić information content (AvgIpc) is 2.50. The highest BCUT2D eigenvalue weighted by Crippen LogP contribution is 2.05. The number of aromatic nitrogens is 2. The second-order valence-corrected chi connectivity index (χ2v) is 4.21. The summed E-state index contributed by atoms with van der Waals surface area (Å²) in [7, 11) is 4.02. The molecule has 0 bridgehead atoms. The Morgan fingerprint density at radius 3 is 1.50 bits per heavy atom. The predicted molar refractivity (Wildman–Crippen MR) is 85.2 cm³/mol. The van der Waals surface area contributed by atoms with Crippen molar-refractivity contribution in [2.75, 3.05) is 19.0 Å². The number of esters is 2. The van der Waals surface area contributed by atoms with E-state index in [0.717, 1.165) is 0 Å². The van der Waals surface area contributed by atoms with Crippen LogP contribution in [0.3, 0.4) is 0 Å². The fourth-order valence-corrected chi connectivity index (χ4v) is 1.16. The minimum absolute atomic E-state index is 0.562. The van der Waals surface area contributed by atoms with Crippen LogP contribution in [0.15, 0.2) is 55.1 Å². The molecule has 0 fully saturated rings. The maximum atomic E-state index is 9.81. The van der Waals surface area contributed by atoms with Gasteiger partial charge in [0.05, 0.1) is 0 Å². The summed E-state index contributed by atoms with van der Waals surface area (Å²) < 4.78 is 3.97. The molecule has 6 nitrogen and oxygen atoms in total. The topological polar surface area (TPSA) is 72.4 Å². The summed E-state index contributed by atoms with van der Waals surface area (Å²) in [5, 5.41) is 0. The van der Waals surface area contributed by atoms with Crippen LogP contribution in [0.5, 0.6) is 0 Å². The Labute approximate surface area is 130 Å². The van der Waals surface area contributed by atoms with Gasteiger partial charge in [0, 0.05) is 58.4 Å². The summed E-state index contributed by atoms with van der Waals surface area (Å²) in [6, 6.07) is 9.66. The smallest absolute Gasteiger partial charge is 0.310 e. The van der Waals surface area contributed by atoms with Gasteiger partial charge in [0.25, 0.3) is 0 Å². The van der Waals surface area contributed by atoms with E-state index in [2.05, 4.69) is 14.7 Å². The summed E-state index contributed by atoms with van der Waals surface area (Å²) in [5.41, 5.74) is 1.19. The molecule has 0 aliphatic heterocycles. The number of ether oxygens (including phenoxy) is 1. The van der Waals surface area contributed by atoms with Crippen molar-refractivity contribution in [2.24, 2.45) is 0 Å². The first-order chi connectivity index (χ1) is 10.4. The number of pyridine rings is 2. The van der Waals surface area contributed by atoms with Crippen LogP contribution in [0.1, 0.15) is 13.8 Å². The molecule has 22 heavy (non-hydrogen) atoms. The van der Waals surface area contributed by atoms with Crippen LogP contribution >= 0.6 is 0 Å². The lowest BCUT2D eigenvalue weighted by Crippen LogP contribution is -2.07. The van der Waals surface area contributed by atoms with Crippen LogP contribution in [0, 0.1) is 0 Å². The predicted octanol–water partition coefficient (Wildman–Crippen LogP) is 2.33. The summed E-state index contributed by atoms with van der Waals surface area (Å²) in [4.78, 5) is 29.4. The fourth-order valence-electron chi connectivity index (χ4n) is 1.16. The average molecular weight is 303 g/mol. The maximum Gasteiger partial charge on any atom is 0.310 e. The Bertz CT molecular complexity index is 492. The van der Waals surface area contributed by atoms with Crippen LogP contribution in [-0.4, -0.2) is 36.0 Å². The lowest BCUT2D eigenvalue weighted by Gasteiger charge is -2.10. The molecule has 0 aromatic carbocycles. The second kappa shape index (κ2) is 12.0. The first-order valence-electron chi connectivity index (χ1n) is 6.54. The summed E-state index contributed by atoms with van der Waals surface area (Å²) >= 11 is 0. The van der Waals surface area contributed by atoms with E-state index in [4.69, 9.17) is 0 Å². The van der Waals surface area contributed by atoms with Gasteiger partial charge in [-0.05, 0) is 24.3 Å². The van der Waals surface area contributed by atoms with Gasteiger partial charge in [0.15, 0.2) is 0 Å². The van der Waals surface area contributed by atoms with Gasteiger partial charge >= 0.3 is 11.9 Å². The number of carbonyl (C=O) groups excluding carboxylic acids is 2. The highest BCUT2D eigenvalue weighted by molar-refractivity contribution is 5.82. The van der Waals surface area contributed by atoms with Gasteiger partial charge in [-0.15, -0.1) is 0 Å². The summed E-state index contributed by atoms with van der Waals surface area (Å²) in [5.74, 6) is -1.12. The lowest BCUT2D eigenvalue weighted by atomic mass is 10.4. The van der Waals surface area contributed by atoms with E-state index in [-0.39, 0.29) is 0 Å². The molecule has 0 aliphatic carbocycles. The van der Waals surface area contributed by atoms with Crippen molar-refractivity contribution in [1.29, 1.82) is 0 Å². The van der Waals surface area contributed by atoms with E-state index in [0.29, 0.717) is 0 Å². The van der Waals surface area contributed by atoms with Gasteiger partial charge in [-0.25, -0.2) is 0 Å². The highest BCUT2D eigenvalue weighted by atomic mass is 16.6. The molecular weight excluding hydrogens is 282 g/mol. The van der Waals surface area contributed by atoms with Crippen molar-refractivity contribution in [3.05, 3.63) is 55.1 Å². The van der Waals surface area contributed by atoms with Crippen molar-refractivity contribution >= 4 is 17.6 Å². The second-order valence-electron chi connectivity index (χ2n) is 4.21. The Balaban J connectivity index is 0.000000308. The molecular formula is C16H21N3O3. The molecule has 2 heterocycles. The first kappa shape index (κ1) is 19.2. The monoisotopic (exact) mass is 303 g/mol. The zero-order valence-corrected chi connectivity index (χ0v) is 13.3. The third kappa shape index (κ3) is 12.3. The van der Waals surface area contributed by atoms with Gasteiger partial charge in [0.1, 0.15) is 0 Å². The Kier molecular flexibility index (Phi) is 10.5. The highest BCUT2D eigenvalue weighted by Gasteiger charge is 1.93. The first-order valence-corrected chi connectivity index (χ1v) is 6.54. The zero-order valence-electron chi connectivity index (χ0n) is 13.3. The van der Waals surface area contributed by atoms with Crippen molar-refractivity contribution in [2.45, 2.75) is 13.8 Å². The maximum absolute atomic E-state index is 9.81. The molecule has 0 radical (unpaired) electrons. The molecule has 0 unspecified atom stereocenters. The van der Waals surface area contributed by atoms with Gasteiger partial charge in [-0.1, -0.05) is 6.07 Å². The molecule has 6 heteroatoms. The largest absolute Gasteiger partial charge is 0.394 e. The van der Waals surface area contributed by atoms with E-state index in [1.165, 1.54) is 19.5 Å². The van der Waals surface area contributed by atoms with Gasteiger partial charge in [-0.3, -0.25) is 19.6 Å². The van der Waals surface area contributed by atoms with Crippen LogP contribution in [-0.2, 0) is 14.3 Å². The standard InChI is InChI=1S/C7H10N2.C5H5N.C4H6O3/c1-9(2)7-3-5-8-6-4-7;1-2-4-6-5-3-1;1-3(5)7-4(2)6/h3-6H,1-2H3;1-5H;1-2H3. The molecule has 0 amide bonds. The number of carbonyl (C=O) groups is 2. The summed E-state index contributed by atoms with van der Waals surface area (Å²) in [6.07, 6.45) is 7.07. The van der Waals surface area contributed by atoms with E-state index in [1.54, 1.807) is 24.8 Å². The Hall–Kier alpha value is -2.76. The zero-order chi connectivity index (χ0) is 16.8. The Morgan fingerprint density at radius 2 is 1.32 bits per heavy atom. The number of hydrogen-bond donors (Lipinski definition) is 0. The minimum Gasteiger partial charge on any atom is -0.394 e. The van der Waals surface area contributed by atoms with Crippen LogP contribution in [0.4, 0.5) is 5.69 Å². The molecule has 0 atom stereocenters. The van der Waals surface area contributed by atoms with Gasteiger partial charge < -0.3 is 9.64 Å². The summed E-state index contributed by atoms with van der Waals surface area (Å²) in [6.45, 7) is 2.36. The van der Waals surface area contributed by atoms with Crippen LogP contribution in [0.25, 0.3) is 0 Å². The molecule has 0 saturated heterocycles. The third-order valence-electron chi connectivity index (χ3n) is 2.03. The molecule has 0 saturated carbocycles. The van der Waals surface area contributed by atoms with E-state index in [1.807, 2.05) is 49.3 Å². The molecule has 118 valence electrons. The lowest BCUT2D eigenvalue weighted by molar-refractivity contribution is -0.156. The number of hydrogen-bond acceptors (Lipinski definition) is 6. The van der Waals surface area contributed by atoms with E-state index in [9.17, 15) is 9.59 Å². The van der Waals surface area contributed by atoms with Crippen LogP contribution in [0.2, 0.25) is 0 Å². The van der Waals surface area contributed by atoms with Gasteiger partial charge in [0.2, 0.25) is 0 Å². The van der Waals surface area contributed by atoms with Crippen molar-refractivity contribution in [3.63, 3.8) is 0 Å². The quantitative estimate of drug-likeness (QED) is 0.594. The van der Waals surface area contributed by atoms with Crippen molar-refractivity contribution in [3.8, 4) is 0 Å². The molecule has 0 spiro atoms. The molecule has 0 N–H and O–H groups in total. The molecule has 0 aliphatic rings. The fraction of sp³-hybridized carbons (Fsp3) is 0.250. The minimum atomic E-state index is -0.562. The Morgan fingerprint density at radius 1 is 0.864 bits per heavy atom. The SMILES string of the molecule is CC(=O)OC(C)=O.CN(C)c1ccncc1.c1ccncc1. The molecule has 2 aromatic rings. The molecule has 2 aromatic heterocycles. The normalized spacial score (nSPS) is 8.36. The third-order valence-corrected chi connectivity index (χ3v) is 2.03. The van der Waals surface area contributed by atoms with Gasteiger partial charge in [-0.2, -0.15) is 0 Å². The van der Waals surface area contributed by atoms with E-state index < -0.39 is 11.9 Å². The van der Waals surface area contributed by atoms with E-state index >= 15 is 0 Å². The van der Waals surface area contributed by atoms with Crippen LogP contribution < -0.4 is 4.90 Å². The number of anilines is 1.